The lowest BCUT2D eigenvalue weighted by molar-refractivity contribution is 0.102. The van der Waals surface area contributed by atoms with Gasteiger partial charge in [0.25, 0.3) is 5.91 Å². The smallest absolute Gasteiger partial charge is 0.255 e. The molecule has 0 aliphatic rings. The van der Waals surface area contributed by atoms with Crippen LogP contribution >= 0.6 is 0 Å². The zero-order chi connectivity index (χ0) is 15.9. The van der Waals surface area contributed by atoms with Crippen LogP contribution in [0.4, 0.5) is 5.69 Å². The molecule has 0 aromatic heterocycles. The van der Waals surface area contributed by atoms with Crippen molar-refractivity contribution in [2.24, 2.45) is 0 Å². The molecule has 5 nitrogen and oxygen atoms in total. The van der Waals surface area contributed by atoms with Crippen LogP contribution in [-0.2, 0) is 11.3 Å². The maximum Gasteiger partial charge on any atom is 0.255 e. The molecule has 22 heavy (non-hydrogen) atoms. The summed E-state index contributed by atoms with van der Waals surface area (Å²) in [6.45, 7) is 0.470. The van der Waals surface area contributed by atoms with E-state index >= 15 is 0 Å². The molecule has 0 bridgehead atoms. The van der Waals surface area contributed by atoms with Gasteiger partial charge in [-0.05, 0) is 29.8 Å². The van der Waals surface area contributed by atoms with Crippen molar-refractivity contribution in [3.05, 3.63) is 53.6 Å². The molecule has 0 fully saturated rings. The van der Waals surface area contributed by atoms with Crippen molar-refractivity contribution in [2.75, 3.05) is 26.6 Å². The SMILES string of the molecule is COCc1cccc(C(=O)Nc2ccc(OC)c(OC)c2)c1. The van der Waals surface area contributed by atoms with E-state index in [0.29, 0.717) is 29.4 Å². The van der Waals surface area contributed by atoms with Crippen LogP contribution in [0.1, 0.15) is 15.9 Å². The number of carbonyl (C=O) groups is 1. The second-order valence-electron chi connectivity index (χ2n) is 4.66. The van der Waals surface area contributed by atoms with E-state index < -0.39 is 0 Å². The highest BCUT2D eigenvalue weighted by Crippen LogP contribution is 2.29. The Morgan fingerprint density at radius 2 is 1.77 bits per heavy atom. The maximum absolute atomic E-state index is 12.3. The molecule has 0 radical (unpaired) electrons. The highest BCUT2D eigenvalue weighted by atomic mass is 16.5. The molecule has 0 unspecified atom stereocenters. The predicted molar refractivity (Wildman–Crippen MR) is 84.7 cm³/mol. The molecule has 0 heterocycles. The number of carbonyl (C=O) groups excluding carboxylic acids is 1. The third-order valence-corrected chi connectivity index (χ3v) is 3.14. The Morgan fingerprint density at radius 3 is 2.45 bits per heavy atom. The minimum atomic E-state index is -0.190. The summed E-state index contributed by atoms with van der Waals surface area (Å²) in [7, 11) is 4.74. The Bertz CT molecular complexity index is 655. The lowest BCUT2D eigenvalue weighted by Gasteiger charge is -2.11. The van der Waals surface area contributed by atoms with E-state index in [9.17, 15) is 4.79 Å². The summed E-state index contributed by atoms with van der Waals surface area (Å²) < 4.78 is 15.5. The van der Waals surface area contributed by atoms with Crippen molar-refractivity contribution >= 4 is 11.6 Å². The van der Waals surface area contributed by atoms with Crippen molar-refractivity contribution in [3.8, 4) is 11.5 Å². The van der Waals surface area contributed by atoms with E-state index in [1.807, 2.05) is 12.1 Å². The second kappa shape index (κ2) is 7.47. The topological polar surface area (TPSA) is 56.8 Å². The Labute approximate surface area is 129 Å². The monoisotopic (exact) mass is 301 g/mol. The van der Waals surface area contributed by atoms with Gasteiger partial charge in [0.05, 0.1) is 20.8 Å². The molecule has 0 atom stereocenters. The largest absolute Gasteiger partial charge is 0.493 e. The van der Waals surface area contributed by atoms with E-state index in [-0.39, 0.29) is 5.91 Å². The molecule has 1 amide bonds. The summed E-state index contributed by atoms with van der Waals surface area (Å²) in [5.41, 5.74) is 2.16. The van der Waals surface area contributed by atoms with Crippen molar-refractivity contribution in [1.82, 2.24) is 0 Å². The first-order valence-electron chi connectivity index (χ1n) is 6.79. The Hall–Kier alpha value is -2.53. The number of methoxy groups -OCH3 is 3. The summed E-state index contributed by atoms with van der Waals surface area (Å²) in [5, 5.41) is 2.84. The van der Waals surface area contributed by atoms with Crippen molar-refractivity contribution in [2.45, 2.75) is 6.61 Å². The van der Waals surface area contributed by atoms with Crippen LogP contribution in [0.25, 0.3) is 0 Å². The van der Waals surface area contributed by atoms with Crippen molar-refractivity contribution < 1.29 is 19.0 Å². The fourth-order valence-corrected chi connectivity index (χ4v) is 2.09. The second-order valence-corrected chi connectivity index (χ2v) is 4.66. The Balaban J connectivity index is 2.16. The highest BCUT2D eigenvalue weighted by Gasteiger charge is 2.09. The van der Waals surface area contributed by atoms with E-state index in [1.165, 1.54) is 0 Å². The van der Waals surface area contributed by atoms with E-state index in [2.05, 4.69) is 5.32 Å². The molecule has 0 aliphatic heterocycles. The minimum absolute atomic E-state index is 0.190. The van der Waals surface area contributed by atoms with Crippen LogP contribution in [-0.4, -0.2) is 27.2 Å². The number of amides is 1. The predicted octanol–water partition coefficient (Wildman–Crippen LogP) is 3.10. The summed E-state index contributed by atoms with van der Waals surface area (Å²) >= 11 is 0. The van der Waals surface area contributed by atoms with Crippen LogP contribution < -0.4 is 14.8 Å². The first kappa shape index (κ1) is 15.9. The Morgan fingerprint density at radius 1 is 1.00 bits per heavy atom. The quantitative estimate of drug-likeness (QED) is 0.890. The molecule has 116 valence electrons. The summed E-state index contributed by atoms with van der Waals surface area (Å²) in [4.78, 5) is 12.3. The van der Waals surface area contributed by atoms with Crippen LogP contribution in [0.15, 0.2) is 42.5 Å². The van der Waals surface area contributed by atoms with Gasteiger partial charge in [-0.3, -0.25) is 4.79 Å². The number of ether oxygens (including phenoxy) is 3. The summed E-state index contributed by atoms with van der Waals surface area (Å²) in [6.07, 6.45) is 0. The average molecular weight is 301 g/mol. The van der Waals surface area contributed by atoms with Gasteiger partial charge in [0.15, 0.2) is 11.5 Å². The van der Waals surface area contributed by atoms with Gasteiger partial charge >= 0.3 is 0 Å². The number of hydrogen-bond acceptors (Lipinski definition) is 4. The highest BCUT2D eigenvalue weighted by molar-refractivity contribution is 6.04. The number of nitrogens with one attached hydrogen (secondary N) is 1. The van der Waals surface area contributed by atoms with E-state index in [1.54, 1.807) is 51.7 Å². The van der Waals surface area contributed by atoms with Gasteiger partial charge in [0, 0.05) is 24.4 Å². The molecule has 1 N–H and O–H groups in total. The minimum Gasteiger partial charge on any atom is -0.493 e. The van der Waals surface area contributed by atoms with Crippen LogP contribution in [0, 0.1) is 0 Å². The summed E-state index contributed by atoms with van der Waals surface area (Å²) in [5.74, 6) is 0.987. The normalized spacial score (nSPS) is 10.1. The number of hydrogen-bond donors (Lipinski definition) is 1. The molecule has 2 aromatic carbocycles. The number of rotatable bonds is 6. The van der Waals surface area contributed by atoms with Crippen LogP contribution in [0.5, 0.6) is 11.5 Å². The third-order valence-electron chi connectivity index (χ3n) is 3.14. The van der Waals surface area contributed by atoms with Crippen LogP contribution in [0.2, 0.25) is 0 Å². The molecular weight excluding hydrogens is 282 g/mol. The van der Waals surface area contributed by atoms with Gasteiger partial charge in [-0.25, -0.2) is 0 Å². The molecule has 0 saturated carbocycles. The number of anilines is 1. The van der Waals surface area contributed by atoms with Gasteiger partial charge in [-0.2, -0.15) is 0 Å². The fourth-order valence-electron chi connectivity index (χ4n) is 2.09. The lowest BCUT2D eigenvalue weighted by atomic mass is 10.1. The van der Waals surface area contributed by atoms with Gasteiger partial charge in [0.1, 0.15) is 0 Å². The number of benzene rings is 2. The zero-order valence-electron chi connectivity index (χ0n) is 12.9. The standard InChI is InChI=1S/C17H19NO4/c1-20-11-12-5-4-6-13(9-12)17(19)18-14-7-8-15(21-2)16(10-14)22-3/h4-10H,11H2,1-3H3,(H,18,19). The maximum atomic E-state index is 12.3. The fraction of sp³-hybridized carbons (Fsp3) is 0.235. The van der Waals surface area contributed by atoms with Crippen molar-refractivity contribution in [3.63, 3.8) is 0 Å². The van der Waals surface area contributed by atoms with Gasteiger partial charge in [-0.1, -0.05) is 12.1 Å². The molecule has 0 spiro atoms. The van der Waals surface area contributed by atoms with Crippen LogP contribution in [0.3, 0.4) is 0 Å². The first-order valence-corrected chi connectivity index (χ1v) is 6.79. The lowest BCUT2D eigenvalue weighted by Crippen LogP contribution is -2.12. The third kappa shape index (κ3) is 3.77. The van der Waals surface area contributed by atoms with E-state index in [0.717, 1.165) is 5.56 Å². The van der Waals surface area contributed by atoms with Gasteiger partial charge in [0.2, 0.25) is 0 Å². The first-order chi connectivity index (χ1) is 10.7. The molecule has 2 rings (SSSR count). The van der Waals surface area contributed by atoms with Gasteiger partial charge < -0.3 is 19.5 Å². The van der Waals surface area contributed by atoms with Crippen molar-refractivity contribution in [1.29, 1.82) is 0 Å². The molecule has 2 aromatic rings. The molecular formula is C17H19NO4. The zero-order valence-corrected chi connectivity index (χ0v) is 12.9. The molecule has 5 heteroatoms. The van der Waals surface area contributed by atoms with Gasteiger partial charge in [-0.15, -0.1) is 0 Å². The Kier molecular flexibility index (Phi) is 5.38. The van der Waals surface area contributed by atoms with E-state index in [4.69, 9.17) is 14.2 Å². The average Bonchev–Trinajstić information content (AvgIpc) is 2.55. The molecule has 0 aliphatic carbocycles. The molecule has 0 saturated heterocycles. The summed E-state index contributed by atoms with van der Waals surface area (Å²) in [6, 6.07) is 12.5.